The van der Waals surface area contributed by atoms with E-state index in [0.717, 1.165) is 13.1 Å². The lowest BCUT2D eigenvalue weighted by molar-refractivity contribution is 0.552. The Kier molecular flexibility index (Phi) is 7.08. The van der Waals surface area contributed by atoms with E-state index in [2.05, 4.69) is 70.1 Å². The highest BCUT2D eigenvalue weighted by Crippen LogP contribution is 2.24. The van der Waals surface area contributed by atoms with Crippen LogP contribution in [0.5, 0.6) is 0 Å². The molecule has 0 aliphatic carbocycles. The van der Waals surface area contributed by atoms with Crippen molar-refractivity contribution in [1.82, 2.24) is 5.32 Å². The van der Waals surface area contributed by atoms with Gasteiger partial charge in [0.2, 0.25) is 0 Å². The standard InChI is InChI=1S/C18H32N2/c1-7-17(8-2)20(6)18-10-9-16(11-15(18)5)13-19-12-14(3)4/h9-11,14,17,19H,7-8,12-13H2,1-6H3. The average molecular weight is 276 g/mol. The summed E-state index contributed by atoms with van der Waals surface area (Å²) in [7, 11) is 2.22. The predicted octanol–water partition coefficient (Wildman–Crippen LogP) is 4.37. The molecule has 0 unspecified atom stereocenters. The molecule has 0 saturated heterocycles. The van der Waals surface area contributed by atoms with E-state index in [9.17, 15) is 0 Å². The van der Waals surface area contributed by atoms with Gasteiger partial charge in [-0.2, -0.15) is 0 Å². The van der Waals surface area contributed by atoms with E-state index in [1.807, 2.05) is 0 Å². The van der Waals surface area contributed by atoms with E-state index in [4.69, 9.17) is 0 Å². The van der Waals surface area contributed by atoms with Gasteiger partial charge in [0.1, 0.15) is 0 Å². The molecule has 0 bridgehead atoms. The molecule has 0 fully saturated rings. The van der Waals surface area contributed by atoms with Crippen molar-refractivity contribution in [2.75, 3.05) is 18.5 Å². The molecule has 0 amide bonds. The third-order valence-electron chi connectivity index (χ3n) is 4.01. The summed E-state index contributed by atoms with van der Waals surface area (Å²) < 4.78 is 0. The number of nitrogens with zero attached hydrogens (tertiary/aromatic N) is 1. The lowest BCUT2D eigenvalue weighted by Gasteiger charge is -2.30. The lowest BCUT2D eigenvalue weighted by Crippen LogP contribution is -2.30. The van der Waals surface area contributed by atoms with Crippen LogP contribution < -0.4 is 10.2 Å². The third kappa shape index (κ3) is 4.82. The van der Waals surface area contributed by atoms with Crippen LogP contribution >= 0.6 is 0 Å². The normalized spacial score (nSPS) is 11.4. The second-order valence-electron chi connectivity index (χ2n) is 6.23. The van der Waals surface area contributed by atoms with Gasteiger partial charge in [-0.05, 0) is 49.4 Å². The largest absolute Gasteiger partial charge is 0.371 e. The van der Waals surface area contributed by atoms with E-state index in [-0.39, 0.29) is 0 Å². The van der Waals surface area contributed by atoms with Crippen LogP contribution in [-0.4, -0.2) is 19.6 Å². The van der Waals surface area contributed by atoms with Gasteiger partial charge in [0, 0.05) is 25.3 Å². The summed E-state index contributed by atoms with van der Waals surface area (Å²) in [5.41, 5.74) is 4.12. The number of hydrogen-bond acceptors (Lipinski definition) is 2. The molecule has 2 heteroatoms. The summed E-state index contributed by atoms with van der Waals surface area (Å²) in [4.78, 5) is 2.43. The minimum absolute atomic E-state index is 0.638. The molecule has 114 valence electrons. The molecule has 0 atom stereocenters. The molecular weight excluding hydrogens is 244 g/mol. The number of rotatable bonds is 8. The molecule has 0 saturated carbocycles. The molecule has 1 aromatic carbocycles. The fourth-order valence-electron chi connectivity index (χ4n) is 2.76. The molecule has 0 spiro atoms. The van der Waals surface area contributed by atoms with E-state index >= 15 is 0 Å². The molecule has 20 heavy (non-hydrogen) atoms. The maximum absolute atomic E-state index is 3.51. The number of aryl methyl sites for hydroxylation is 1. The zero-order valence-corrected chi connectivity index (χ0v) is 14.2. The number of nitrogens with one attached hydrogen (secondary N) is 1. The first-order valence-electron chi connectivity index (χ1n) is 8.02. The van der Waals surface area contributed by atoms with Crippen molar-refractivity contribution in [1.29, 1.82) is 0 Å². The zero-order valence-electron chi connectivity index (χ0n) is 14.2. The monoisotopic (exact) mass is 276 g/mol. The summed E-state index contributed by atoms with van der Waals surface area (Å²) in [6.45, 7) is 13.3. The quantitative estimate of drug-likeness (QED) is 0.758. The summed E-state index contributed by atoms with van der Waals surface area (Å²) in [5.74, 6) is 0.705. The minimum Gasteiger partial charge on any atom is -0.371 e. The smallest absolute Gasteiger partial charge is 0.0396 e. The van der Waals surface area contributed by atoms with Crippen molar-refractivity contribution >= 4 is 5.69 Å². The highest BCUT2D eigenvalue weighted by Gasteiger charge is 2.13. The van der Waals surface area contributed by atoms with Gasteiger partial charge < -0.3 is 10.2 Å². The SMILES string of the molecule is CCC(CC)N(C)c1ccc(CNCC(C)C)cc1C. The number of hydrogen-bond donors (Lipinski definition) is 1. The Morgan fingerprint density at radius 1 is 1.15 bits per heavy atom. The molecule has 1 N–H and O–H groups in total. The summed E-state index contributed by atoms with van der Waals surface area (Å²) in [5, 5.41) is 3.51. The Morgan fingerprint density at radius 3 is 2.30 bits per heavy atom. The first-order chi connectivity index (χ1) is 9.49. The molecule has 1 rings (SSSR count). The van der Waals surface area contributed by atoms with Gasteiger partial charge in [0.05, 0.1) is 0 Å². The van der Waals surface area contributed by atoms with Crippen LogP contribution in [0, 0.1) is 12.8 Å². The third-order valence-corrected chi connectivity index (χ3v) is 4.01. The second kappa shape index (κ2) is 8.31. The van der Waals surface area contributed by atoms with Gasteiger partial charge >= 0.3 is 0 Å². The highest BCUT2D eigenvalue weighted by atomic mass is 15.1. The minimum atomic E-state index is 0.638. The van der Waals surface area contributed by atoms with Crippen molar-refractivity contribution in [3.05, 3.63) is 29.3 Å². The average Bonchev–Trinajstić information content (AvgIpc) is 2.39. The van der Waals surface area contributed by atoms with E-state index < -0.39 is 0 Å². The highest BCUT2D eigenvalue weighted by molar-refractivity contribution is 5.54. The Morgan fingerprint density at radius 2 is 1.80 bits per heavy atom. The van der Waals surface area contributed by atoms with Gasteiger partial charge in [-0.3, -0.25) is 0 Å². The molecule has 0 heterocycles. The van der Waals surface area contributed by atoms with Crippen molar-refractivity contribution in [3.63, 3.8) is 0 Å². The predicted molar refractivity (Wildman–Crippen MR) is 90.5 cm³/mol. The second-order valence-corrected chi connectivity index (χ2v) is 6.23. The van der Waals surface area contributed by atoms with E-state index in [0.29, 0.717) is 12.0 Å². The zero-order chi connectivity index (χ0) is 15.1. The van der Waals surface area contributed by atoms with Gasteiger partial charge in [0.25, 0.3) is 0 Å². The Bertz CT molecular complexity index is 394. The molecule has 0 aliphatic heterocycles. The van der Waals surface area contributed by atoms with Crippen LogP contribution in [0.3, 0.4) is 0 Å². The lowest BCUT2D eigenvalue weighted by atomic mass is 10.1. The molecule has 0 radical (unpaired) electrons. The van der Waals surface area contributed by atoms with Gasteiger partial charge in [-0.1, -0.05) is 39.8 Å². The van der Waals surface area contributed by atoms with Crippen LogP contribution in [0.15, 0.2) is 18.2 Å². The van der Waals surface area contributed by atoms with Crippen molar-refractivity contribution in [3.8, 4) is 0 Å². The maximum Gasteiger partial charge on any atom is 0.0396 e. The molecule has 0 aliphatic rings. The maximum atomic E-state index is 3.51. The van der Waals surface area contributed by atoms with Gasteiger partial charge in [-0.25, -0.2) is 0 Å². The fourth-order valence-corrected chi connectivity index (χ4v) is 2.76. The van der Waals surface area contributed by atoms with Crippen LogP contribution in [0.2, 0.25) is 0 Å². The van der Waals surface area contributed by atoms with Crippen LogP contribution in [-0.2, 0) is 6.54 Å². The van der Waals surface area contributed by atoms with Gasteiger partial charge in [-0.15, -0.1) is 0 Å². The van der Waals surface area contributed by atoms with Crippen LogP contribution in [0.4, 0.5) is 5.69 Å². The summed E-state index contributed by atoms with van der Waals surface area (Å²) in [6.07, 6.45) is 2.40. The Balaban J connectivity index is 2.72. The molecule has 1 aromatic rings. The van der Waals surface area contributed by atoms with Crippen molar-refractivity contribution in [2.24, 2.45) is 5.92 Å². The molecule has 0 aromatic heterocycles. The molecule has 2 nitrogen and oxygen atoms in total. The van der Waals surface area contributed by atoms with Crippen LogP contribution in [0.1, 0.15) is 51.7 Å². The first kappa shape index (κ1) is 17.0. The van der Waals surface area contributed by atoms with Crippen molar-refractivity contribution < 1.29 is 0 Å². The van der Waals surface area contributed by atoms with E-state index in [1.54, 1.807) is 0 Å². The summed E-state index contributed by atoms with van der Waals surface area (Å²) in [6, 6.07) is 7.49. The van der Waals surface area contributed by atoms with Gasteiger partial charge in [0.15, 0.2) is 0 Å². The van der Waals surface area contributed by atoms with Crippen LogP contribution in [0.25, 0.3) is 0 Å². The summed E-state index contributed by atoms with van der Waals surface area (Å²) >= 11 is 0. The van der Waals surface area contributed by atoms with E-state index in [1.165, 1.54) is 29.7 Å². The fraction of sp³-hybridized carbons (Fsp3) is 0.667. The first-order valence-corrected chi connectivity index (χ1v) is 8.02. The topological polar surface area (TPSA) is 15.3 Å². The van der Waals surface area contributed by atoms with Crippen molar-refractivity contribution in [2.45, 2.75) is 60.0 Å². The Labute approximate surface area is 125 Å². The molecular formula is C18H32N2. The number of benzene rings is 1. The Hall–Kier alpha value is -1.02. The number of anilines is 1.